The van der Waals surface area contributed by atoms with Crippen LogP contribution >= 0.6 is 27.7 Å². The number of aliphatic imine (C=N–C) groups is 1. The summed E-state index contributed by atoms with van der Waals surface area (Å²) in [6.07, 6.45) is 8.82. The smallest absolute Gasteiger partial charge is 0.267 e. The van der Waals surface area contributed by atoms with Crippen LogP contribution in [0.2, 0.25) is 0 Å². The SMILES string of the molecule is C[C@@H]1CCCC[C@@H]1N1C(=O)/C(=C/c2cn(Cc3ccc(Br)cc3)c3ccccc23)SC1=Nc1ccccc1. The van der Waals surface area contributed by atoms with E-state index in [4.69, 9.17) is 4.99 Å². The molecular weight excluding hydrogens is 554 g/mol. The van der Waals surface area contributed by atoms with E-state index in [1.54, 1.807) is 0 Å². The molecule has 2 aliphatic rings. The van der Waals surface area contributed by atoms with Gasteiger partial charge in [0.2, 0.25) is 0 Å². The van der Waals surface area contributed by atoms with Gasteiger partial charge in [0, 0.05) is 39.7 Å². The molecule has 1 aliphatic carbocycles. The minimum Gasteiger partial charge on any atom is -0.342 e. The largest absolute Gasteiger partial charge is 0.342 e. The summed E-state index contributed by atoms with van der Waals surface area (Å²) in [4.78, 5) is 21.7. The third-order valence-corrected chi connectivity index (χ3v) is 9.10. The van der Waals surface area contributed by atoms with Crippen LogP contribution in [-0.2, 0) is 11.3 Å². The number of hydrogen-bond acceptors (Lipinski definition) is 3. The number of fused-ring (bicyclic) bond motifs is 1. The van der Waals surface area contributed by atoms with Crippen molar-refractivity contribution in [1.82, 2.24) is 9.47 Å². The molecule has 4 nitrogen and oxygen atoms in total. The van der Waals surface area contributed by atoms with E-state index in [1.807, 2.05) is 35.2 Å². The standard InChI is InChI=1S/C32H30BrN3OS/c1-22-9-5-7-13-28(22)36-31(37)30(38-32(36)34-26-10-3-2-4-11-26)19-24-21-35(29-14-8-6-12-27(24)29)20-23-15-17-25(33)18-16-23/h2-4,6,8,10-12,14-19,21-22,28H,5,7,9,13,20H2,1H3/b30-19-,34-32?/t22-,28+/m1/s1. The van der Waals surface area contributed by atoms with Gasteiger partial charge < -0.3 is 4.57 Å². The summed E-state index contributed by atoms with van der Waals surface area (Å²) in [5, 5.41) is 1.95. The maximum Gasteiger partial charge on any atom is 0.267 e. The summed E-state index contributed by atoms with van der Waals surface area (Å²) in [5.74, 6) is 0.537. The summed E-state index contributed by atoms with van der Waals surface area (Å²) in [6.45, 7) is 3.05. The number of amidine groups is 1. The number of nitrogens with zero attached hydrogens (tertiary/aromatic N) is 3. The zero-order valence-electron chi connectivity index (χ0n) is 21.4. The average Bonchev–Trinajstić information content (AvgIpc) is 3.43. The van der Waals surface area contributed by atoms with Gasteiger partial charge in [0.15, 0.2) is 5.17 Å². The van der Waals surface area contributed by atoms with Gasteiger partial charge in [-0.3, -0.25) is 9.69 Å². The molecule has 0 radical (unpaired) electrons. The molecule has 4 aromatic rings. The lowest BCUT2D eigenvalue weighted by Crippen LogP contribution is -2.44. The number of aromatic nitrogens is 1. The highest BCUT2D eigenvalue weighted by Crippen LogP contribution is 2.40. The molecule has 3 aromatic carbocycles. The van der Waals surface area contributed by atoms with Crippen LogP contribution in [0.1, 0.15) is 43.7 Å². The Hall–Kier alpha value is -3.09. The highest BCUT2D eigenvalue weighted by Gasteiger charge is 2.41. The summed E-state index contributed by atoms with van der Waals surface area (Å²) < 4.78 is 3.35. The predicted octanol–water partition coefficient (Wildman–Crippen LogP) is 8.63. The highest BCUT2D eigenvalue weighted by atomic mass is 79.9. The van der Waals surface area contributed by atoms with Crippen LogP contribution in [-0.4, -0.2) is 26.6 Å². The van der Waals surface area contributed by atoms with E-state index < -0.39 is 0 Å². The number of rotatable bonds is 5. The first kappa shape index (κ1) is 25.2. The van der Waals surface area contributed by atoms with Gasteiger partial charge in [-0.15, -0.1) is 0 Å². The number of halogens is 1. The number of carbonyl (C=O) groups is 1. The van der Waals surface area contributed by atoms with E-state index in [2.05, 4.69) is 88.2 Å². The summed E-state index contributed by atoms with van der Waals surface area (Å²) >= 11 is 5.04. The van der Waals surface area contributed by atoms with E-state index in [-0.39, 0.29) is 11.9 Å². The number of carbonyl (C=O) groups excluding carboxylic acids is 1. The molecule has 1 aliphatic heterocycles. The number of amides is 1. The molecule has 1 aromatic heterocycles. The van der Waals surface area contributed by atoms with E-state index in [0.717, 1.165) is 62.5 Å². The molecule has 0 spiro atoms. The van der Waals surface area contributed by atoms with Crippen LogP contribution in [0.5, 0.6) is 0 Å². The van der Waals surface area contributed by atoms with Gasteiger partial charge in [0.25, 0.3) is 5.91 Å². The normalized spacial score (nSPS) is 22.2. The Kier molecular flexibility index (Phi) is 7.26. The number of thioether (sulfide) groups is 1. The van der Waals surface area contributed by atoms with Gasteiger partial charge in [-0.1, -0.05) is 84.2 Å². The molecule has 0 unspecified atom stereocenters. The Labute approximate surface area is 236 Å². The molecular formula is C32H30BrN3OS. The maximum atomic E-state index is 14.0. The monoisotopic (exact) mass is 583 g/mol. The van der Waals surface area contributed by atoms with Crippen LogP contribution in [0.25, 0.3) is 17.0 Å². The van der Waals surface area contributed by atoms with E-state index in [9.17, 15) is 4.79 Å². The van der Waals surface area contributed by atoms with Crippen LogP contribution in [0, 0.1) is 5.92 Å². The Morgan fingerprint density at radius 3 is 2.50 bits per heavy atom. The highest BCUT2D eigenvalue weighted by molar-refractivity contribution is 9.10. The van der Waals surface area contributed by atoms with Crippen molar-refractivity contribution in [3.05, 3.63) is 106 Å². The van der Waals surface area contributed by atoms with Gasteiger partial charge in [0.1, 0.15) is 0 Å². The topological polar surface area (TPSA) is 37.6 Å². The summed E-state index contributed by atoms with van der Waals surface area (Å²) in [6, 6.07) is 27.0. The van der Waals surface area contributed by atoms with Gasteiger partial charge in [-0.25, -0.2) is 4.99 Å². The molecule has 1 saturated carbocycles. The van der Waals surface area contributed by atoms with Crippen LogP contribution in [0.4, 0.5) is 5.69 Å². The van der Waals surface area contributed by atoms with Crippen molar-refractivity contribution in [2.75, 3.05) is 0 Å². The number of para-hydroxylation sites is 2. The first-order chi connectivity index (χ1) is 18.6. The quantitative estimate of drug-likeness (QED) is 0.220. The summed E-state index contributed by atoms with van der Waals surface area (Å²) in [5.41, 5.74) is 4.33. The van der Waals surface area contributed by atoms with Crippen LogP contribution in [0.3, 0.4) is 0 Å². The number of hydrogen-bond donors (Lipinski definition) is 0. The lowest BCUT2D eigenvalue weighted by atomic mass is 9.85. The average molecular weight is 585 g/mol. The molecule has 2 fully saturated rings. The molecule has 0 N–H and O–H groups in total. The molecule has 2 atom stereocenters. The van der Waals surface area contributed by atoms with Gasteiger partial charge in [-0.2, -0.15) is 0 Å². The second-order valence-electron chi connectivity index (χ2n) is 10.2. The summed E-state index contributed by atoms with van der Waals surface area (Å²) in [7, 11) is 0. The Balaban J connectivity index is 1.39. The zero-order chi connectivity index (χ0) is 26.1. The van der Waals surface area contributed by atoms with Crippen molar-refractivity contribution < 1.29 is 4.79 Å². The second-order valence-corrected chi connectivity index (χ2v) is 12.1. The fraction of sp³-hybridized carbons (Fsp3) is 0.250. The molecule has 38 heavy (non-hydrogen) atoms. The van der Waals surface area contributed by atoms with E-state index >= 15 is 0 Å². The van der Waals surface area contributed by atoms with Crippen molar-refractivity contribution >= 4 is 61.4 Å². The van der Waals surface area contributed by atoms with Gasteiger partial charge in [0.05, 0.1) is 10.6 Å². The van der Waals surface area contributed by atoms with E-state index in [1.165, 1.54) is 23.7 Å². The van der Waals surface area contributed by atoms with Crippen molar-refractivity contribution in [1.29, 1.82) is 0 Å². The Bertz CT molecular complexity index is 1520. The lowest BCUT2D eigenvalue weighted by molar-refractivity contribution is -0.124. The Morgan fingerprint density at radius 2 is 1.71 bits per heavy atom. The third kappa shape index (κ3) is 5.12. The predicted molar refractivity (Wildman–Crippen MR) is 163 cm³/mol. The fourth-order valence-corrected chi connectivity index (χ4v) is 6.90. The molecule has 1 amide bonds. The minimum absolute atomic E-state index is 0.0770. The van der Waals surface area contributed by atoms with Crippen LogP contribution < -0.4 is 0 Å². The van der Waals surface area contributed by atoms with Crippen molar-refractivity contribution in [2.24, 2.45) is 10.9 Å². The molecule has 192 valence electrons. The minimum atomic E-state index is 0.0770. The molecule has 1 saturated heterocycles. The molecule has 6 rings (SSSR count). The first-order valence-electron chi connectivity index (χ1n) is 13.3. The molecule has 6 heteroatoms. The van der Waals surface area contributed by atoms with E-state index in [0.29, 0.717) is 5.92 Å². The van der Waals surface area contributed by atoms with Crippen molar-refractivity contribution in [3.8, 4) is 0 Å². The van der Waals surface area contributed by atoms with Crippen molar-refractivity contribution in [2.45, 2.75) is 45.2 Å². The lowest BCUT2D eigenvalue weighted by Gasteiger charge is -2.35. The maximum absolute atomic E-state index is 14.0. The molecule has 0 bridgehead atoms. The number of benzene rings is 3. The van der Waals surface area contributed by atoms with Gasteiger partial charge in [-0.05, 0) is 72.5 Å². The van der Waals surface area contributed by atoms with Crippen LogP contribution in [0.15, 0.2) is 99.4 Å². The zero-order valence-corrected chi connectivity index (χ0v) is 23.8. The van der Waals surface area contributed by atoms with Gasteiger partial charge >= 0.3 is 0 Å². The molecule has 2 heterocycles. The second kappa shape index (κ2) is 11.0. The van der Waals surface area contributed by atoms with Crippen molar-refractivity contribution in [3.63, 3.8) is 0 Å². The Morgan fingerprint density at radius 1 is 0.974 bits per heavy atom. The first-order valence-corrected chi connectivity index (χ1v) is 14.9. The fourth-order valence-electron chi connectivity index (χ4n) is 5.60. The third-order valence-electron chi connectivity index (χ3n) is 7.59.